The maximum Gasteiger partial charge on any atom is 0.237 e. The van der Waals surface area contributed by atoms with Gasteiger partial charge in [0.05, 0.1) is 17.3 Å². The first-order chi connectivity index (χ1) is 12.9. The summed E-state index contributed by atoms with van der Waals surface area (Å²) in [5, 5.41) is 0. The van der Waals surface area contributed by atoms with Gasteiger partial charge in [-0.15, -0.1) is 0 Å². The number of rotatable bonds is 3. The topological polar surface area (TPSA) is 49.0 Å². The minimum atomic E-state index is -0.487. The summed E-state index contributed by atoms with van der Waals surface area (Å²) in [7, 11) is 0. The SMILES string of the molecule is CC1(C)C(=O)N(C2CC2)c2cc(-c3ncc(-c4ccc(F)cc4)[nH]3)ccc21. The van der Waals surface area contributed by atoms with Crippen molar-refractivity contribution in [3.8, 4) is 22.6 Å². The molecule has 27 heavy (non-hydrogen) atoms. The number of anilines is 1. The zero-order valence-electron chi connectivity index (χ0n) is 15.3. The molecule has 0 radical (unpaired) electrons. The van der Waals surface area contributed by atoms with E-state index in [1.807, 2.05) is 30.9 Å². The lowest BCUT2D eigenvalue weighted by Crippen LogP contribution is -2.37. The van der Waals surface area contributed by atoms with Gasteiger partial charge in [0.1, 0.15) is 11.6 Å². The number of carbonyl (C=O) groups is 1. The molecular formula is C22H20FN3O. The van der Waals surface area contributed by atoms with Gasteiger partial charge < -0.3 is 9.88 Å². The second kappa shape index (κ2) is 5.52. The Kier molecular flexibility index (Phi) is 3.32. The average molecular weight is 361 g/mol. The minimum Gasteiger partial charge on any atom is -0.338 e. The molecule has 1 aliphatic heterocycles. The number of hydrogen-bond donors (Lipinski definition) is 1. The standard InChI is InChI=1S/C22H20FN3O/c1-22(2)17-10-5-14(11-19(17)26(21(22)27)16-8-9-16)20-24-12-18(25-20)13-3-6-15(23)7-4-13/h3-7,10-12,16H,8-9H2,1-2H3,(H,24,25). The van der Waals surface area contributed by atoms with Crippen LogP contribution in [0.2, 0.25) is 0 Å². The molecule has 1 aromatic heterocycles. The summed E-state index contributed by atoms with van der Waals surface area (Å²) in [6.45, 7) is 3.99. The van der Waals surface area contributed by atoms with E-state index in [2.05, 4.69) is 16.0 Å². The fourth-order valence-electron chi connectivity index (χ4n) is 3.87. The predicted molar refractivity (Wildman–Crippen MR) is 103 cm³/mol. The Morgan fingerprint density at radius 3 is 2.52 bits per heavy atom. The Balaban J connectivity index is 1.54. The highest BCUT2D eigenvalue weighted by Crippen LogP contribution is 2.47. The average Bonchev–Trinajstić information content (AvgIpc) is 3.32. The van der Waals surface area contributed by atoms with Crippen LogP contribution < -0.4 is 4.90 Å². The molecule has 1 aliphatic carbocycles. The van der Waals surface area contributed by atoms with E-state index in [1.54, 1.807) is 18.3 Å². The Morgan fingerprint density at radius 1 is 1.11 bits per heavy atom. The van der Waals surface area contributed by atoms with Crippen molar-refractivity contribution >= 4 is 11.6 Å². The van der Waals surface area contributed by atoms with Gasteiger partial charge in [0.25, 0.3) is 0 Å². The molecule has 1 N–H and O–H groups in total. The van der Waals surface area contributed by atoms with Crippen molar-refractivity contribution in [2.24, 2.45) is 0 Å². The summed E-state index contributed by atoms with van der Waals surface area (Å²) in [5.41, 5.74) is 4.25. The normalized spacial score (nSPS) is 18.0. The number of carbonyl (C=O) groups excluding carboxylic acids is 1. The molecule has 0 spiro atoms. The Hall–Kier alpha value is -2.95. The molecule has 5 heteroatoms. The third kappa shape index (κ3) is 2.49. The molecule has 3 aromatic rings. The van der Waals surface area contributed by atoms with Crippen LogP contribution in [0.1, 0.15) is 32.3 Å². The van der Waals surface area contributed by atoms with Crippen molar-refractivity contribution in [3.05, 3.63) is 60.0 Å². The highest BCUT2D eigenvalue weighted by Gasteiger charge is 2.49. The van der Waals surface area contributed by atoms with E-state index in [1.165, 1.54) is 12.1 Å². The van der Waals surface area contributed by atoms with E-state index in [-0.39, 0.29) is 11.7 Å². The van der Waals surface area contributed by atoms with Gasteiger partial charge >= 0.3 is 0 Å². The van der Waals surface area contributed by atoms with Crippen LogP contribution in [0.4, 0.5) is 10.1 Å². The zero-order chi connectivity index (χ0) is 18.8. The van der Waals surface area contributed by atoms with Crippen LogP contribution in [0.3, 0.4) is 0 Å². The number of H-pyrrole nitrogens is 1. The van der Waals surface area contributed by atoms with E-state index >= 15 is 0 Å². The number of halogens is 1. The van der Waals surface area contributed by atoms with Gasteiger partial charge in [-0.05, 0) is 68.1 Å². The summed E-state index contributed by atoms with van der Waals surface area (Å²) in [4.78, 5) is 22.7. The summed E-state index contributed by atoms with van der Waals surface area (Å²) >= 11 is 0. The predicted octanol–water partition coefficient (Wildman–Crippen LogP) is 4.67. The molecule has 2 aromatic carbocycles. The van der Waals surface area contributed by atoms with Crippen molar-refractivity contribution in [2.75, 3.05) is 4.90 Å². The van der Waals surface area contributed by atoms with E-state index in [0.29, 0.717) is 6.04 Å². The number of hydrogen-bond acceptors (Lipinski definition) is 2. The molecular weight excluding hydrogens is 341 g/mol. The van der Waals surface area contributed by atoms with Crippen LogP contribution in [0.25, 0.3) is 22.6 Å². The van der Waals surface area contributed by atoms with Crippen LogP contribution >= 0.6 is 0 Å². The number of aromatic amines is 1. The molecule has 136 valence electrons. The van der Waals surface area contributed by atoms with Crippen LogP contribution in [0.5, 0.6) is 0 Å². The van der Waals surface area contributed by atoms with E-state index in [4.69, 9.17) is 0 Å². The molecule has 5 rings (SSSR count). The number of fused-ring (bicyclic) bond motifs is 1. The van der Waals surface area contributed by atoms with Gasteiger partial charge in [-0.25, -0.2) is 9.37 Å². The number of imidazole rings is 1. The lowest BCUT2D eigenvalue weighted by molar-refractivity contribution is -0.122. The largest absolute Gasteiger partial charge is 0.338 e. The van der Waals surface area contributed by atoms with Crippen molar-refractivity contribution < 1.29 is 9.18 Å². The fourth-order valence-corrected chi connectivity index (χ4v) is 3.87. The van der Waals surface area contributed by atoms with Crippen LogP contribution in [0, 0.1) is 5.82 Å². The fraction of sp³-hybridized carbons (Fsp3) is 0.273. The summed E-state index contributed by atoms with van der Waals surface area (Å²) < 4.78 is 13.1. The molecule has 0 atom stereocenters. The van der Waals surface area contributed by atoms with Crippen molar-refractivity contribution in [2.45, 2.75) is 38.1 Å². The quantitative estimate of drug-likeness (QED) is 0.737. The Bertz CT molecular complexity index is 1050. The first kappa shape index (κ1) is 16.2. The molecule has 0 saturated heterocycles. The van der Waals surface area contributed by atoms with Crippen LogP contribution in [-0.2, 0) is 10.2 Å². The van der Waals surface area contributed by atoms with Crippen LogP contribution in [-0.4, -0.2) is 21.9 Å². The Labute approximate surface area is 157 Å². The van der Waals surface area contributed by atoms with Crippen LogP contribution in [0.15, 0.2) is 48.7 Å². The van der Waals surface area contributed by atoms with E-state index < -0.39 is 5.41 Å². The van der Waals surface area contributed by atoms with Gasteiger partial charge in [-0.3, -0.25) is 4.79 Å². The van der Waals surface area contributed by atoms with Gasteiger partial charge in [0, 0.05) is 17.3 Å². The first-order valence-corrected chi connectivity index (χ1v) is 9.24. The lowest BCUT2D eigenvalue weighted by atomic mass is 9.86. The lowest BCUT2D eigenvalue weighted by Gasteiger charge is -2.19. The van der Waals surface area contributed by atoms with Gasteiger partial charge in [-0.2, -0.15) is 0 Å². The number of amides is 1. The van der Waals surface area contributed by atoms with Crippen molar-refractivity contribution in [1.29, 1.82) is 0 Å². The molecule has 2 heterocycles. The number of nitrogens with zero attached hydrogens (tertiary/aromatic N) is 2. The summed E-state index contributed by atoms with van der Waals surface area (Å²) in [6, 6.07) is 12.8. The van der Waals surface area contributed by atoms with E-state index in [9.17, 15) is 9.18 Å². The maximum atomic E-state index is 13.1. The third-order valence-electron chi connectivity index (χ3n) is 5.60. The highest BCUT2D eigenvalue weighted by atomic mass is 19.1. The number of aromatic nitrogens is 2. The van der Waals surface area contributed by atoms with Crippen molar-refractivity contribution in [3.63, 3.8) is 0 Å². The molecule has 2 aliphatic rings. The maximum absolute atomic E-state index is 13.1. The third-order valence-corrected chi connectivity index (χ3v) is 5.60. The monoisotopic (exact) mass is 361 g/mol. The second-order valence-electron chi connectivity index (χ2n) is 7.92. The van der Waals surface area contributed by atoms with Gasteiger partial charge in [0.2, 0.25) is 5.91 Å². The first-order valence-electron chi connectivity index (χ1n) is 9.24. The zero-order valence-corrected chi connectivity index (χ0v) is 15.3. The second-order valence-corrected chi connectivity index (χ2v) is 7.92. The van der Waals surface area contributed by atoms with E-state index in [0.717, 1.165) is 46.7 Å². The molecule has 1 fully saturated rings. The summed E-state index contributed by atoms with van der Waals surface area (Å²) in [5.74, 6) is 0.665. The van der Waals surface area contributed by atoms with Gasteiger partial charge in [-0.1, -0.05) is 12.1 Å². The molecule has 1 saturated carbocycles. The molecule has 0 bridgehead atoms. The molecule has 0 unspecified atom stereocenters. The highest BCUT2D eigenvalue weighted by molar-refractivity contribution is 6.08. The number of benzene rings is 2. The van der Waals surface area contributed by atoms with Crippen molar-refractivity contribution in [1.82, 2.24) is 9.97 Å². The Morgan fingerprint density at radius 2 is 1.81 bits per heavy atom. The minimum absolute atomic E-state index is 0.184. The summed E-state index contributed by atoms with van der Waals surface area (Å²) in [6.07, 6.45) is 3.89. The van der Waals surface area contributed by atoms with Gasteiger partial charge in [0.15, 0.2) is 0 Å². The molecule has 4 nitrogen and oxygen atoms in total. The molecule has 1 amide bonds. The smallest absolute Gasteiger partial charge is 0.237 e. The number of nitrogens with one attached hydrogen (secondary N) is 1.